The predicted molar refractivity (Wildman–Crippen MR) is 91.9 cm³/mol. The maximum Gasteiger partial charge on any atom is 0.290 e. The monoisotopic (exact) mass is 353 g/mol. The highest BCUT2D eigenvalue weighted by atomic mass is 16.5. The van der Waals surface area contributed by atoms with Crippen molar-refractivity contribution in [1.29, 1.82) is 0 Å². The van der Waals surface area contributed by atoms with Crippen LogP contribution in [-0.4, -0.2) is 37.2 Å². The molecule has 2 heterocycles. The van der Waals surface area contributed by atoms with E-state index in [1.165, 1.54) is 0 Å². The number of carbonyl (C=O) groups excluding carboxylic acids is 1. The van der Waals surface area contributed by atoms with Crippen molar-refractivity contribution in [2.75, 3.05) is 0 Å². The molecule has 134 valence electrons. The van der Waals surface area contributed by atoms with E-state index in [1.54, 1.807) is 16.9 Å². The van der Waals surface area contributed by atoms with E-state index in [-0.39, 0.29) is 24.3 Å². The summed E-state index contributed by atoms with van der Waals surface area (Å²) in [5, 5.41) is 23.9. The van der Waals surface area contributed by atoms with E-state index in [1.807, 2.05) is 30.3 Å². The minimum atomic E-state index is -0.250. The zero-order valence-electron chi connectivity index (χ0n) is 14.1. The molecule has 4 rings (SSSR count). The van der Waals surface area contributed by atoms with Crippen molar-refractivity contribution in [3.8, 4) is 11.3 Å². The summed E-state index contributed by atoms with van der Waals surface area (Å²) in [5.41, 5.74) is 2.25. The molecule has 26 heavy (non-hydrogen) atoms. The fourth-order valence-electron chi connectivity index (χ4n) is 3.19. The fraction of sp³-hybridized carbons (Fsp3) is 0.333. The molecule has 1 fully saturated rings. The van der Waals surface area contributed by atoms with Crippen LogP contribution in [0, 0.1) is 5.92 Å². The molecule has 3 aromatic rings. The maximum atomic E-state index is 12.3. The van der Waals surface area contributed by atoms with Crippen LogP contribution in [-0.2, 0) is 13.2 Å². The Bertz CT molecular complexity index is 883. The van der Waals surface area contributed by atoms with Gasteiger partial charge in [-0.25, -0.2) is 4.68 Å². The molecule has 0 aliphatic heterocycles. The third-order valence-electron chi connectivity index (χ3n) is 4.67. The molecule has 1 aliphatic rings. The zero-order chi connectivity index (χ0) is 17.9. The van der Waals surface area contributed by atoms with Gasteiger partial charge in [0.2, 0.25) is 5.76 Å². The van der Waals surface area contributed by atoms with Gasteiger partial charge >= 0.3 is 0 Å². The molecule has 0 saturated heterocycles. The predicted octanol–water partition coefficient (Wildman–Crippen LogP) is 1.63. The van der Waals surface area contributed by atoms with Crippen molar-refractivity contribution < 1.29 is 14.4 Å². The number of hydrogen-bond donors (Lipinski definition) is 2. The number of amides is 1. The molecule has 0 spiro atoms. The number of rotatable bonds is 6. The molecule has 8 nitrogen and oxygen atoms in total. The second-order valence-electron chi connectivity index (χ2n) is 6.52. The van der Waals surface area contributed by atoms with E-state index < -0.39 is 0 Å². The Morgan fingerprint density at radius 3 is 2.88 bits per heavy atom. The van der Waals surface area contributed by atoms with Gasteiger partial charge in [0.25, 0.3) is 5.91 Å². The molecule has 1 amide bonds. The lowest BCUT2D eigenvalue weighted by Gasteiger charge is -2.35. The van der Waals surface area contributed by atoms with Crippen LogP contribution >= 0.6 is 0 Å². The van der Waals surface area contributed by atoms with Gasteiger partial charge in [0, 0.05) is 24.2 Å². The van der Waals surface area contributed by atoms with Gasteiger partial charge in [-0.3, -0.25) is 4.79 Å². The number of nitrogens with one attached hydrogen (secondary N) is 1. The number of carbonyl (C=O) groups is 1. The highest BCUT2D eigenvalue weighted by Crippen LogP contribution is 2.29. The van der Waals surface area contributed by atoms with Crippen LogP contribution in [0.25, 0.3) is 11.3 Å². The third kappa shape index (κ3) is 3.36. The topological polar surface area (TPSA) is 106 Å². The molecule has 0 radical (unpaired) electrons. The minimum absolute atomic E-state index is 0.0743. The van der Waals surface area contributed by atoms with Gasteiger partial charge in [-0.05, 0) is 18.8 Å². The average Bonchev–Trinajstić information content (AvgIpc) is 3.30. The maximum absolute atomic E-state index is 12.3. The van der Waals surface area contributed by atoms with E-state index in [0.717, 1.165) is 18.4 Å². The quantitative estimate of drug-likeness (QED) is 0.698. The van der Waals surface area contributed by atoms with Gasteiger partial charge in [0.15, 0.2) is 0 Å². The van der Waals surface area contributed by atoms with Gasteiger partial charge in [-0.15, -0.1) is 5.10 Å². The number of aliphatic hydroxyl groups excluding tert-OH is 1. The first-order chi connectivity index (χ1) is 12.7. The lowest BCUT2D eigenvalue weighted by atomic mass is 9.80. The van der Waals surface area contributed by atoms with Crippen LogP contribution in [0.15, 0.2) is 47.1 Å². The summed E-state index contributed by atoms with van der Waals surface area (Å²) < 4.78 is 6.89. The largest absolute Gasteiger partial charge is 0.390 e. The number of benzene rings is 1. The number of hydrogen-bond acceptors (Lipinski definition) is 6. The molecular weight excluding hydrogens is 334 g/mol. The molecule has 0 atom stereocenters. The van der Waals surface area contributed by atoms with Crippen molar-refractivity contribution in [2.24, 2.45) is 5.92 Å². The first-order valence-electron chi connectivity index (χ1n) is 8.54. The molecule has 2 N–H and O–H groups in total. The summed E-state index contributed by atoms with van der Waals surface area (Å²) in [6.45, 7) is 0.623. The molecular formula is C18H19N5O3. The van der Waals surface area contributed by atoms with Crippen molar-refractivity contribution in [3.63, 3.8) is 0 Å². The lowest BCUT2D eigenvalue weighted by Crippen LogP contribution is -2.45. The minimum Gasteiger partial charge on any atom is -0.390 e. The Balaban J connectivity index is 1.29. The molecule has 0 bridgehead atoms. The van der Waals surface area contributed by atoms with E-state index in [0.29, 0.717) is 23.9 Å². The van der Waals surface area contributed by atoms with E-state index in [9.17, 15) is 9.90 Å². The first-order valence-corrected chi connectivity index (χ1v) is 8.54. The summed E-state index contributed by atoms with van der Waals surface area (Å²) in [7, 11) is 0. The molecule has 2 aromatic heterocycles. The van der Waals surface area contributed by atoms with Crippen molar-refractivity contribution in [2.45, 2.75) is 32.0 Å². The highest BCUT2D eigenvalue weighted by molar-refractivity contribution is 5.92. The van der Waals surface area contributed by atoms with Gasteiger partial charge in [0.05, 0.1) is 18.5 Å². The van der Waals surface area contributed by atoms with Crippen molar-refractivity contribution >= 4 is 5.91 Å². The van der Waals surface area contributed by atoms with Crippen LogP contribution in [0.2, 0.25) is 0 Å². The van der Waals surface area contributed by atoms with E-state index in [2.05, 4.69) is 20.8 Å². The van der Waals surface area contributed by atoms with Gasteiger partial charge in [0.1, 0.15) is 5.69 Å². The number of aliphatic hydroxyl groups is 1. The Hall–Kier alpha value is -3.00. The van der Waals surface area contributed by atoms with Gasteiger partial charge < -0.3 is 14.9 Å². The van der Waals surface area contributed by atoms with Crippen LogP contribution < -0.4 is 5.32 Å². The number of aromatic nitrogens is 4. The third-order valence-corrected chi connectivity index (χ3v) is 4.67. The Kier molecular flexibility index (Phi) is 4.49. The summed E-state index contributed by atoms with van der Waals surface area (Å²) in [5.74, 6) is 0.369. The second-order valence-corrected chi connectivity index (χ2v) is 6.52. The van der Waals surface area contributed by atoms with Crippen LogP contribution in [0.3, 0.4) is 0 Å². The van der Waals surface area contributed by atoms with Gasteiger partial charge in [-0.1, -0.05) is 40.7 Å². The second kappa shape index (κ2) is 7.09. The van der Waals surface area contributed by atoms with Crippen molar-refractivity contribution in [1.82, 2.24) is 25.5 Å². The van der Waals surface area contributed by atoms with Crippen LogP contribution in [0.5, 0.6) is 0 Å². The summed E-state index contributed by atoms with van der Waals surface area (Å²) in [6, 6.07) is 11.3. The first kappa shape index (κ1) is 16.5. The molecule has 8 heteroatoms. The standard InChI is InChI=1S/C18H19N5O3/c24-11-15-9-19-22-23(15)10-12-6-14(7-12)20-18(25)17-8-16(21-26-17)13-4-2-1-3-5-13/h1-5,8-9,12,14,24H,6-7,10-11H2,(H,20,25)/t12-,14-. The summed E-state index contributed by atoms with van der Waals surface area (Å²) >= 11 is 0. The van der Waals surface area contributed by atoms with Crippen LogP contribution in [0.4, 0.5) is 0 Å². The molecule has 1 aliphatic carbocycles. The molecule has 0 unspecified atom stereocenters. The van der Waals surface area contributed by atoms with E-state index in [4.69, 9.17) is 4.52 Å². The lowest BCUT2D eigenvalue weighted by molar-refractivity contribution is 0.0841. The summed E-state index contributed by atoms with van der Waals surface area (Å²) in [6.07, 6.45) is 3.28. The van der Waals surface area contributed by atoms with Crippen LogP contribution in [0.1, 0.15) is 29.1 Å². The zero-order valence-corrected chi connectivity index (χ0v) is 14.1. The highest BCUT2D eigenvalue weighted by Gasteiger charge is 2.32. The average molecular weight is 353 g/mol. The molecule has 1 saturated carbocycles. The van der Waals surface area contributed by atoms with Crippen molar-refractivity contribution in [3.05, 3.63) is 54.0 Å². The Labute approximate surface area is 149 Å². The van der Waals surface area contributed by atoms with Gasteiger partial charge in [-0.2, -0.15) is 0 Å². The summed E-state index contributed by atoms with van der Waals surface area (Å²) in [4.78, 5) is 12.3. The Morgan fingerprint density at radius 1 is 1.31 bits per heavy atom. The number of nitrogens with zero attached hydrogens (tertiary/aromatic N) is 4. The van der Waals surface area contributed by atoms with E-state index >= 15 is 0 Å². The SMILES string of the molecule is O=C(N[C@H]1C[C@H](Cn2nncc2CO)C1)c1cc(-c2ccccc2)no1. The smallest absolute Gasteiger partial charge is 0.290 e. The normalized spacial score (nSPS) is 19.1. The molecule has 1 aromatic carbocycles. The Morgan fingerprint density at radius 2 is 2.12 bits per heavy atom. The fourth-order valence-corrected chi connectivity index (χ4v) is 3.19.